The average molecular weight is 891 g/mol. The lowest BCUT2D eigenvalue weighted by atomic mass is 9.62. The maximum absolute atomic E-state index is 16.1. The molecule has 0 bridgehead atoms. The van der Waals surface area contributed by atoms with Gasteiger partial charge in [-0.1, -0.05) is 62.2 Å². The van der Waals surface area contributed by atoms with Crippen molar-refractivity contribution in [3.63, 3.8) is 0 Å². The molecule has 1 saturated heterocycles. The molecule has 0 radical (unpaired) electrons. The van der Waals surface area contributed by atoms with Gasteiger partial charge in [0.15, 0.2) is 0 Å². The summed E-state index contributed by atoms with van der Waals surface area (Å²) in [4.78, 5) is 38.8. The summed E-state index contributed by atoms with van der Waals surface area (Å²) in [6, 6.07) is 12.9. The van der Waals surface area contributed by atoms with Crippen molar-refractivity contribution in [2.75, 3.05) is 78.4 Å². The van der Waals surface area contributed by atoms with E-state index >= 15 is 8.78 Å². The summed E-state index contributed by atoms with van der Waals surface area (Å²) < 4.78 is 59.4. The van der Waals surface area contributed by atoms with Crippen LogP contribution in [0.4, 0.5) is 14.5 Å². The second kappa shape index (κ2) is 23.7. The molecular formula is C44H55Cl2F2N5O8. The molecule has 1 aliphatic heterocycles. The summed E-state index contributed by atoms with van der Waals surface area (Å²) in [5, 5.41) is 22.6. The van der Waals surface area contributed by atoms with Gasteiger partial charge in [-0.15, -0.1) is 0 Å². The number of nitrogens with zero attached hydrogens (tertiary/aromatic N) is 1. The number of amides is 3. The minimum atomic E-state index is -1.81. The van der Waals surface area contributed by atoms with Gasteiger partial charge in [0.1, 0.15) is 22.8 Å². The number of hydrogen-bond donors (Lipinski definition) is 4. The van der Waals surface area contributed by atoms with Crippen LogP contribution in [0.3, 0.4) is 0 Å². The number of nitrogens with one attached hydrogen (secondary N) is 4. The summed E-state index contributed by atoms with van der Waals surface area (Å²) in [5.74, 6) is -3.84. The molecule has 3 amide bonds. The van der Waals surface area contributed by atoms with Crippen LogP contribution < -0.4 is 26.0 Å². The van der Waals surface area contributed by atoms with E-state index in [9.17, 15) is 19.6 Å². The van der Waals surface area contributed by atoms with Crippen LogP contribution in [-0.4, -0.2) is 103 Å². The summed E-state index contributed by atoms with van der Waals surface area (Å²) in [6.45, 7) is 11.2. The summed E-state index contributed by atoms with van der Waals surface area (Å²) >= 11 is 12.4. The lowest BCUT2D eigenvalue weighted by Gasteiger charge is -2.37. The number of anilines is 1. The highest BCUT2D eigenvalue weighted by molar-refractivity contribution is 6.31. The zero-order valence-electron chi connectivity index (χ0n) is 35.1. The van der Waals surface area contributed by atoms with Crippen LogP contribution in [0.1, 0.15) is 67.9 Å². The third-order valence-corrected chi connectivity index (χ3v) is 10.5. The minimum Gasteiger partial charge on any atom is -0.495 e. The maximum Gasteiger partial charge on any atom is 0.251 e. The molecule has 61 heavy (non-hydrogen) atoms. The van der Waals surface area contributed by atoms with Crippen molar-refractivity contribution >= 4 is 46.6 Å². The third-order valence-electron chi connectivity index (χ3n) is 9.95. The van der Waals surface area contributed by atoms with Gasteiger partial charge >= 0.3 is 0 Å². The predicted octanol–water partition coefficient (Wildman–Crippen LogP) is 6.56. The molecule has 13 nitrogen and oxygen atoms in total. The van der Waals surface area contributed by atoms with Gasteiger partial charge in [-0.2, -0.15) is 5.26 Å². The van der Waals surface area contributed by atoms with Gasteiger partial charge in [0.2, 0.25) is 11.8 Å². The first-order valence-electron chi connectivity index (χ1n) is 20.1. The van der Waals surface area contributed by atoms with E-state index in [-0.39, 0.29) is 57.2 Å². The summed E-state index contributed by atoms with van der Waals surface area (Å²) in [5.41, 5.74) is -1.87. The van der Waals surface area contributed by atoms with E-state index < -0.39 is 52.3 Å². The van der Waals surface area contributed by atoms with Gasteiger partial charge in [0.25, 0.3) is 5.91 Å². The first-order chi connectivity index (χ1) is 29.2. The van der Waals surface area contributed by atoms with Crippen molar-refractivity contribution in [1.29, 1.82) is 5.26 Å². The van der Waals surface area contributed by atoms with Gasteiger partial charge in [-0.25, -0.2) is 8.78 Å². The predicted molar refractivity (Wildman–Crippen MR) is 228 cm³/mol. The lowest BCUT2D eigenvalue weighted by molar-refractivity contribution is -0.122. The fourth-order valence-electron chi connectivity index (χ4n) is 7.25. The van der Waals surface area contributed by atoms with Crippen LogP contribution in [0.5, 0.6) is 5.75 Å². The molecule has 0 aliphatic carbocycles. The van der Waals surface area contributed by atoms with Gasteiger partial charge in [-0.3, -0.25) is 14.4 Å². The molecule has 4 N–H and O–H groups in total. The molecule has 3 aromatic carbocycles. The van der Waals surface area contributed by atoms with Crippen LogP contribution in [0, 0.1) is 28.4 Å². The van der Waals surface area contributed by atoms with E-state index in [2.05, 4.69) is 27.3 Å². The molecular weight excluding hydrogens is 835 g/mol. The van der Waals surface area contributed by atoms with Crippen molar-refractivity contribution in [3.8, 4) is 11.8 Å². The van der Waals surface area contributed by atoms with Crippen LogP contribution in [0.15, 0.2) is 54.6 Å². The molecule has 0 unspecified atom stereocenters. The molecule has 4 rings (SSSR count). The smallest absolute Gasteiger partial charge is 0.251 e. The van der Waals surface area contributed by atoms with Crippen LogP contribution in [0.25, 0.3) is 0 Å². The standard InChI is InChI=1S/C44H55Cl2F2N5O8/c1-6-50-37(54)14-16-58-18-20-60-22-23-61-21-19-59-17-15-51-41(55)28-10-13-34(35(24-28)57-5)52-42(56)40-38(30-8-7-9-32(46)39(30)48)44(27-49,36(53-40)26-43(2,3)4)31-12-11-29(45)25-33(31)47/h7-13,24-25,36,38,40,53H,6,14-23,26H2,1-5H3,(H,50,54)(H,51,55)(H,52,56)/t36-,38-,40+,44-/m0/s1. The Labute approximate surface area is 366 Å². The SMILES string of the molecule is CCNC(=O)CCOCCOCCOCCOCCNC(=O)c1ccc(NC(=O)[C@@H]2N[C@@H](CC(C)(C)C)[C@](C#N)(c3ccc(Cl)cc3F)[C@H]2c2cccc(Cl)c2F)c(OC)c1. The van der Waals surface area contributed by atoms with E-state index in [1.54, 1.807) is 0 Å². The number of methoxy groups -OCH3 is 1. The van der Waals surface area contributed by atoms with E-state index in [4.69, 9.17) is 46.9 Å². The Bertz CT molecular complexity index is 2000. The molecule has 3 aromatic rings. The number of benzene rings is 3. The second-order valence-electron chi connectivity index (χ2n) is 15.5. The lowest BCUT2D eigenvalue weighted by Crippen LogP contribution is -2.45. The number of carbonyl (C=O) groups is 3. The number of carbonyl (C=O) groups excluding carboxylic acids is 3. The van der Waals surface area contributed by atoms with Crippen LogP contribution in [0.2, 0.25) is 10.0 Å². The Balaban J connectivity index is 1.36. The average Bonchev–Trinajstić information content (AvgIpc) is 3.53. The number of halogens is 4. The molecule has 0 aromatic heterocycles. The minimum absolute atomic E-state index is 0.0422. The first kappa shape index (κ1) is 49.3. The highest BCUT2D eigenvalue weighted by Gasteiger charge is 2.61. The van der Waals surface area contributed by atoms with Gasteiger partial charge in [0.05, 0.1) is 82.8 Å². The number of rotatable bonds is 23. The van der Waals surface area contributed by atoms with E-state index in [0.717, 1.165) is 6.07 Å². The highest BCUT2D eigenvalue weighted by atomic mass is 35.5. The van der Waals surface area contributed by atoms with E-state index in [1.165, 1.54) is 55.6 Å². The quantitative estimate of drug-likeness (QED) is 0.0766. The Morgan fingerprint density at radius 1 is 0.885 bits per heavy atom. The fourth-order valence-corrected chi connectivity index (χ4v) is 7.59. The Hall–Kier alpha value is -4.40. The summed E-state index contributed by atoms with van der Waals surface area (Å²) in [6.07, 6.45) is 0.611. The number of hydrogen-bond acceptors (Lipinski definition) is 10. The zero-order valence-corrected chi connectivity index (χ0v) is 36.7. The Morgan fingerprint density at radius 2 is 1.54 bits per heavy atom. The Morgan fingerprint density at radius 3 is 2.15 bits per heavy atom. The number of ether oxygens (including phenoxy) is 5. The second-order valence-corrected chi connectivity index (χ2v) is 16.3. The van der Waals surface area contributed by atoms with Gasteiger partial charge < -0.3 is 45.0 Å². The van der Waals surface area contributed by atoms with Crippen molar-refractivity contribution in [1.82, 2.24) is 16.0 Å². The van der Waals surface area contributed by atoms with Gasteiger partial charge in [-0.05, 0) is 60.7 Å². The molecule has 332 valence electrons. The molecule has 4 atom stereocenters. The number of nitriles is 1. The molecule has 17 heteroatoms. The monoisotopic (exact) mass is 889 g/mol. The van der Waals surface area contributed by atoms with Crippen LogP contribution in [-0.2, 0) is 34.0 Å². The largest absolute Gasteiger partial charge is 0.495 e. The van der Waals surface area contributed by atoms with E-state index in [1.807, 2.05) is 27.7 Å². The molecule has 1 heterocycles. The maximum atomic E-state index is 16.1. The highest BCUT2D eigenvalue weighted by Crippen LogP contribution is 2.53. The van der Waals surface area contributed by atoms with Crippen molar-refractivity contribution in [2.24, 2.45) is 5.41 Å². The topological polar surface area (TPSA) is 169 Å². The Kier molecular flexibility index (Phi) is 19.2. The van der Waals surface area contributed by atoms with Crippen LogP contribution >= 0.6 is 23.2 Å². The zero-order chi connectivity index (χ0) is 44.6. The first-order valence-corrected chi connectivity index (χ1v) is 20.8. The normalized spacial score (nSPS) is 18.7. The molecule has 0 saturated carbocycles. The van der Waals surface area contributed by atoms with Gasteiger partial charge in [0, 0.05) is 47.6 Å². The van der Waals surface area contributed by atoms with Crippen molar-refractivity contribution in [3.05, 3.63) is 93.0 Å². The van der Waals surface area contributed by atoms with Crippen molar-refractivity contribution in [2.45, 2.75) is 64.0 Å². The van der Waals surface area contributed by atoms with E-state index in [0.29, 0.717) is 65.6 Å². The molecule has 0 spiro atoms. The fraction of sp³-hybridized carbons (Fsp3) is 0.500. The molecule has 1 fully saturated rings. The van der Waals surface area contributed by atoms with Crippen molar-refractivity contribution < 1.29 is 46.8 Å². The molecule has 1 aliphatic rings. The summed E-state index contributed by atoms with van der Waals surface area (Å²) in [7, 11) is 1.38. The third kappa shape index (κ3) is 13.5.